The molecule has 96 valence electrons. The van der Waals surface area contributed by atoms with Crippen LogP contribution in [-0.4, -0.2) is 18.0 Å². The van der Waals surface area contributed by atoms with E-state index in [0.29, 0.717) is 12.6 Å². The minimum Gasteiger partial charge on any atom is -0.468 e. The van der Waals surface area contributed by atoms with E-state index in [4.69, 9.17) is 10.2 Å². The van der Waals surface area contributed by atoms with Crippen molar-refractivity contribution in [2.75, 3.05) is 7.05 Å². The van der Waals surface area contributed by atoms with Gasteiger partial charge in [0, 0.05) is 18.2 Å². The van der Waals surface area contributed by atoms with Crippen LogP contribution in [0.3, 0.4) is 0 Å². The fourth-order valence-electron chi connectivity index (χ4n) is 3.02. The molecule has 1 aliphatic rings. The first-order valence-electron chi connectivity index (χ1n) is 6.68. The molecule has 2 unspecified atom stereocenters. The molecule has 0 radical (unpaired) electrons. The van der Waals surface area contributed by atoms with E-state index in [1.807, 2.05) is 6.07 Å². The Morgan fingerprint density at radius 3 is 2.88 bits per heavy atom. The van der Waals surface area contributed by atoms with Gasteiger partial charge in [-0.3, -0.25) is 4.90 Å². The van der Waals surface area contributed by atoms with Crippen LogP contribution in [0.2, 0.25) is 0 Å². The highest BCUT2D eigenvalue weighted by atomic mass is 16.3. The quantitative estimate of drug-likeness (QED) is 0.874. The minimum absolute atomic E-state index is 0.496. The molecule has 2 N–H and O–H groups in total. The van der Waals surface area contributed by atoms with Crippen LogP contribution in [0, 0.1) is 5.92 Å². The summed E-state index contributed by atoms with van der Waals surface area (Å²) in [6.45, 7) is 3.83. The van der Waals surface area contributed by atoms with E-state index in [2.05, 4.69) is 18.9 Å². The van der Waals surface area contributed by atoms with Crippen LogP contribution in [0.15, 0.2) is 16.7 Å². The second kappa shape index (κ2) is 5.69. The normalized spacial score (nSPS) is 25.4. The van der Waals surface area contributed by atoms with Gasteiger partial charge >= 0.3 is 0 Å². The number of nitrogens with two attached hydrogens (primary N) is 1. The van der Waals surface area contributed by atoms with Crippen LogP contribution in [0.25, 0.3) is 0 Å². The molecule has 2 rings (SSSR count). The Balaban J connectivity index is 1.98. The summed E-state index contributed by atoms with van der Waals surface area (Å²) in [6.07, 6.45) is 7.20. The Hall–Kier alpha value is -0.800. The molecule has 1 aromatic rings. The molecule has 0 bridgehead atoms. The van der Waals surface area contributed by atoms with Gasteiger partial charge in [-0.1, -0.05) is 19.8 Å². The van der Waals surface area contributed by atoms with Crippen LogP contribution in [0.5, 0.6) is 0 Å². The van der Waals surface area contributed by atoms with Gasteiger partial charge in [-0.25, -0.2) is 0 Å². The van der Waals surface area contributed by atoms with Gasteiger partial charge in [0.1, 0.15) is 5.76 Å². The molecular weight excluding hydrogens is 212 g/mol. The van der Waals surface area contributed by atoms with Gasteiger partial charge in [-0.2, -0.15) is 0 Å². The Labute approximate surface area is 104 Å². The smallest absolute Gasteiger partial charge is 0.121 e. The lowest BCUT2D eigenvalue weighted by Crippen LogP contribution is -2.38. The standard InChI is InChI=1S/C14H24N2O/c1-11-5-3-4-6-13(11)16(2)10-12-7-8-17-14(12)9-15/h7-8,11,13H,3-6,9-10,15H2,1-2H3. The third-order valence-electron chi connectivity index (χ3n) is 4.08. The summed E-state index contributed by atoms with van der Waals surface area (Å²) in [5, 5.41) is 0. The number of furan rings is 1. The van der Waals surface area contributed by atoms with Gasteiger partial charge in [0.2, 0.25) is 0 Å². The highest BCUT2D eigenvalue weighted by Crippen LogP contribution is 2.28. The van der Waals surface area contributed by atoms with Gasteiger partial charge in [0.25, 0.3) is 0 Å². The molecule has 0 aliphatic heterocycles. The van der Waals surface area contributed by atoms with E-state index < -0.39 is 0 Å². The van der Waals surface area contributed by atoms with Crippen LogP contribution >= 0.6 is 0 Å². The number of hydrogen-bond donors (Lipinski definition) is 1. The lowest BCUT2D eigenvalue weighted by Gasteiger charge is -2.36. The third kappa shape index (κ3) is 2.90. The molecule has 0 amide bonds. The maximum absolute atomic E-state index is 5.66. The molecule has 1 saturated carbocycles. The van der Waals surface area contributed by atoms with Crippen molar-refractivity contribution >= 4 is 0 Å². The van der Waals surface area contributed by atoms with Crippen LogP contribution in [0.1, 0.15) is 43.9 Å². The van der Waals surface area contributed by atoms with E-state index in [-0.39, 0.29) is 0 Å². The fourth-order valence-corrected chi connectivity index (χ4v) is 3.02. The molecule has 1 fully saturated rings. The zero-order valence-corrected chi connectivity index (χ0v) is 11.0. The van der Waals surface area contributed by atoms with Gasteiger partial charge in [0.05, 0.1) is 12.8 Å². The van der Waals surface area contributed by atoms with Crippen molar-refractivity contribution in [2.45, 2.75) is 51.7 Å². The molecule has 0 aromatic carbocycles. The summed E-state index contributed by atoms with van der Waals surface area (Å²) >= 11 is 0. The first-order chi connectivity index (χ1) is 8.22. The molecular formula is C14H24N2O. The largest absolute Gasteiger partial charge is 0.468 e. The SMILES string of the molecule is CC1CCCCC1N(C)Cc1ccoc1CN. The third-order valence-corrected chi connectivity index (χ3v) is 4.08. The summed E-state index contributed by atoms with van der Waals surface area (Å²) in [5.41, 5.74) is 6.91. The second-order valence-corrected chi connectivity index (χ2v) is 5.32. The summed E-state index contributed by atoms with van der Waals surface area (Å²) in [5.74, 6) is 1.74. The second-order valence-electron chi connectivity index (χ2n) is 5.32. The van der Waals surface area contributed by atoms with Crippen LogP contribution in [0.4, 0.5) is 0 Å². The summed E-state index contributed by atoms with van der Waals surface area (Å²) in [7, 11) is 2.22. The first kappa shape index (κ1) is 12.7. The first-order valence-corrected chi connectivity index (χ1v) is 6.68. The lowest BCUT2D eigenvalue weighted by atomic mass is 9.85. The Kier molecular flexibility index (Phi) is 4.24. The average Bonchev–Trinajstić information content (AvgIpc) is 2.76. The maximum Gasteiger partial charge on any atom is 0.121 e. The molecule has 0 saturated heterocycles. The summed E-state index contributed by atoms with van der Waals surface area (Å²) in [6, 6.07) is 2.76. The molecule has 1 aromatic heterocycles. The highest BCUT2D eigenvalue weighted by Gasteiger charge is 2.25. The van der Waals surface area contributed by atoms with E-state index in [1.165, 1.54) is 31.2 Å². The maximum atomic E-state index is 5.66. The van der Waals surface area contributed by atoms with E-state index in [9.17, 15) is 0 Å². The van der Waals surface area contributed by atoms with E-state index >= 15 is 0 Å². The van der Waals surface area contributed by atoms with Crippen molar-refractivity contribution in [3.63, 3.8) is 0 Å². The fraction of sp³-hybridized carbons (Fsp3) is 0.714. The van der Waals surface area contributed by atoms with Crippen molar-refractivity contribution in [3.05, 3.63) is 23.7 Å². The minimum atomic E-state index is 0.496. The molecule has 17 heavy (non-hydrogen) atoms. The molecule has 3 heteroatoms. The Morgan fingerprint density at radius 1 is 1.41 bits per heavy atom. The van der Waals surface area contributed by atoms with Crippen molar-refractivity contribution < 1.29 is 4.42 Å². The lowest BCUT2D eigenvalue weighted by molar-refractivity contribution is 0.132. The van der Waals surface area contributed by atoms with E-state index in [0.717, 1.165) is 18.2 Å². The zero-order chi connectivity index (χ0) is 12.3. The zero-order valence-electron chi connectivity index (χ0n) is 11.0. The average molecular weight is 236 g/mol. The van der Waals surface area contributed by atoms with Gasteiger partial charge in [0.15, 0.2) is 0 Å². The Morgan fingerprint density at radius 2 is 2.18 bits per heavy atom. The van der Waals surface area contributed by atoms with Crippen molar-refractivity contribution in [2.24, 2.45) is 11.7 Å². The number of hydrogen-bond acceptors (Lipinski definition) is 3. The Bertz CT molecular complexity index is 348. The topological polar surface area (TPSA) is 42.4 Å². The highest BCUT2D eigenvalue weighted by molar-refractivity contribution is 5.16. The molecule has 1 heterocycles. The predicted octanol–water partition coefficient (Wildman–Crippen LogP) is 2.75. The molecule has 3 nitrogen and oxygen atoms in total. The van der Waals surface area contributed by atoms with E-state index in [1.54, 1.807) is 6.26 Å². The number of nitrogens with zero attached hydrogens (tertiary/aromatic N) is 1. The van der Waals surface area contributed by atoms with Crippen molar-refractivity contribution in [1.82, 2.24) is 4.90 Å². The molecule has 2 atom stereocenters. The van der Waals surface area contributed by atoms with Crippen molar-refractivity contribution in [1.29, 1.82) is 0 Å². The number of rotatable bonds is 4. The van der Waals surface area contributed by atoms with Crippen LogP contribution in [-0.2, 0) is 13.1 Å². The summed E-state index contributed by atoms with van der Waals surface area (Å²) < 4.78 is 5.38. The monoisotopic (exact) mass is 236 g/mol. The predicted molar refractivity (Wildman–Crippen MR) is 69.5 cm³/mol. The van der Waals surface area contributed by atoms with Crippen molar-refractivity contribution in [3.8, 4) is 0 Å². The van der Waals surface area contributed by atoms with Gasteiger partial charge in [-0.05, 0) is 31.9 Å². The molecule has 0 spiro atoms. The van der Waals surface area contributed by atoms with Gasteiger partial charge in [-0.15, -0.1) is 0 Å². The molecule has 1 aliphatic carbocycles. The summed E-state index contributed by atoms with van der Waals surface area (Å²) in [4.78, 5) is 2.47. The van der Waals surface area contributed by atoms with Gasteiger partial charge < -0.3 is 10.2 Å². The van der Waals surface area contributed by atoms with Crippen LogP contribution < -0.4 is 5.73 Å².